The SMILES string of the molecule is CNC(=O)[C@H](C)N(Cc1ccc(Cl)c(Cl)c1)C(=O)CCCN(c1cc(C)cc(C)c1)S(C)(=O)=O. The summed E-state index contributed by atoms with van der Waals surface area (Å²) in [4.78, 5) is 26.9. The van der Waals surface area contributed by atoms with Crippen LogP contribution in [0, 0.1) is 13.8 Å². The van der Waals surface area contributed by atoms with Crippen molar-refractivity contribution in [3.8, 4) is 0 Å². The molecular weight excluding hydrogens is 497 g/mol. The predicted molar refractivity (Wildman–Crippen MR) is 138 cm³/mol. The lowest BCUT2D eigenvalue weighted by molar-refractivity contribution is -0.140. The van der Waals surface area contributed by atoms with Gasteiger partial charge in [-0.15, -0.1) is 0 Å². The van der Waals surface area contributed by atoms with Crippen LogP contribution in [-0.2, 0) is 26.2 Å². The second-order valence-electron chi connectivity index (χ2n) is 8.34. The number of carbonyl (C=O) groups is 2. The number of halogens is 2. The number of benzene rings is 2. The summed E-state index contributed by atoms with van der Waals surface area (Å²) < 4.78 is 26.2. The molecule has 0 bridgehead atoms. The molecule has 0 unspecified atom stereocenters. The van der Waals surface area contributed by atoms with Crippen molar-refractivity contribution in [3.05, 3.63) is 63.1 Å². The highest BCUT2D eigenvalue weighted by Crippen LogP contribution is 2.25. The monoisotopic (exact) mass is 527 g/mol. The number of carbonyl (C=O) groups excluding carboxylic acids is 2. The summed E-state index contributed by atoms with van der Waals surface area (Å²) in [6, 6.07) is 9.90. The summed E-state index contributed by atoms with van der Waals surface area (Å²) in [7, 11) is -2.04. The van der Waals surface area contributed by atoms with E-state index in [-0.39, 0.29) is 37.7 Å². The molecule has 0 aliphatic rings. The van der Waals surface area contributed by atoms with E-state index >= 15 is 0 Å². The zero-order valence-corrected chi connectivity index (χ0v) is 22.4. The Labute approximate surface area is 212 Å². The molecule has 0 spiro atoms. The third-order valence-electron chi connectivity index (χ3n) is 5.40. The third kappa shape index (κ3) is 7.61. The zero-order chi connectivity index (χ0) is 25.6. The van der Waals surface area contributed by atoms with Crippen LogP contribution in [0.1, 0.15) is 36.5 Å². The van der Waals surface area contributed by atoms with E-state index in [2.05, 4.69) is 5.32 Å². The van der Waals surface area contributed by atoms with E-state index in [0.717, 1.165) is 22.9 Å². The van der Waals surface area contributed by atoms with Crippen molar-refractivity contribution in [2.24, 2.45) is 0 Å². The molecule has 186 valence electrons. The minimum atomic E-state index is -3.54. The van der Waals surface area contributed by atoms with Crippen molar-refractivity contribution in [1.82, 2.24) is 10.2 Å². The molecule has 2 rings (SSSR count). The van der Waals surface area contributed by atoms with Gasteiger partial charge in [0, 0.05) is 26.6 Å². The molecule has 34 heavy (non-hydrogen) atoms. The minimum absolute atomic E-state index is 0.0689. The first-order chi connectivity index (χ1) is 15.8. The van der Waals surface area contributed by atoms with Gasteiger partial charge in [-0.05, 0) is 68.1 Å². The highest BCUT2D eigenvalue weighted by atomic mass is 35.5. The Bertz CT molecular complexity index is 1130. The first-order valence-electron chi connectivity index (χ1n) is 10.8. The molecule has 0 heterocycles. The summed E-state index contributed by atoms with van der Waals surface area (Å²) in [6.07, 6.45) is 1.51. The number of nitrogens with zero attached hydrogens (tertiary/aromatic N) is 2. The predicted octanol–water partition coefficient (Wildman–Crippen LogP) is 4.32. The van der Waals surface area contributed by atoms with Crippen LogP contribution in [0.5, 0.6) is 0 Å². The van der Waals surface area contributed by atoms with Gasteiger partial charge in [-0.2, -0.15) is 0 Å². The number of hydrogen-bond acceptors (Lipinski definition) is 4. The molecule has 2 aromatic rings. The van der Waals surface area contributed by atoms with Crippen molar-refractivity contribution in [1.29, 1.82) is 0 Å². The minimum Gasteiger partial charge on any atom is -0.357 e. The van der Waals surface area contributed by atoms with E-state index in [1.165, 1.54) is 16.3 Å². The average Bonchev–Trinajstić information content (AvgIpc) is 2.74. The number of hydrogen-bond donors (Lipinski definition) is 1. The summed E-state index contributed by atoms with van der Waals surface area (Å²) in [5, 5.41) is 3.32. The number of likely N-dealkylation sites (N-methyl/N-ethyl adjacent to an activating group) is 1. The fraction of sp³-hybridized carbons (Fsp3) is 0.417. The molecule has 0 aromatic heterocycles. The Kier molecular flexibility index (Phi) is 9.79. The van der Waals surface area contributed by atoms with E-state index in [1.807, 2.05) is 19.9 Å². The number of nitrogens with one attached hydrogen (secondary N) is 1. The van der Waals surface area contributed by atoms with Gasteiger partial charge in [0.25, 0.3) is 0 Å². The highest BCUT2D eigenvalue weighted by Gasteiger charge is 2.26. The van der Waals surface area contributed by atoms with Gasteiger partial charge in [-0.1, -0.05) is 35.3 Å². The van der Waals surface area contributed by atoms with Gasteiger partial charge >= 0.3 is 0 Å². The number of amides is 2. The molecule has 0 radical (unpaired) electrons. The van der Waals surface area contributed by atoms with Crippen molar-refractivity contribution in [2.45, 2.75) is 46.2 Å². The Balaban J connectivity index is 2.19. The molecule has 1 atom stereocenters. The number of anilines is 1. The van der Waals surface area contributed by atoms with Crippen LogP contribution < -0.4 is 9.62 Å². The lowest BCUT2D eigenvalue weighted by atomic mass is 10.1. The highest BCUT2D eigenvalue weighted by molar-refractivity contribution is 7.92. The molecule has 0 saturated carbocycles. The first-order valence-corrected chi connectivity index (χ1v) is 13.4. The normalized spacial score (nSPS) is 12.2. The lowest BCUT2D eigenvalue weighted by Crippen LogP contribution is -2.46. The fourth-order valence-electron chi connectivity index (χ4n) is 3.72. The Morgan fingerprint density at radius 1 is 1.03 bits per heavy atom. The Morgan fingerprint density at radius 3 is 2.18 bits per heavy atom. The van der Waals surface area contributed by atoms with Gasteiger partial charge in [0.15, 0.2) is 0 Å². The molecule has 0 fully saturated rings. The molecule has 7 nitrogen and oxygen atoms in total. The fourth-order valence-corrected chi connectivity index (χ4v) is 4.99. The summed E-state index contributed by atoms with van der Waals surface area (Å²) in [6.45, 7) is 5.76. The second kappa shape index (κ2) is 11.9. The maximum Gasteiger partial charge on any atom is 0.242 e. The molecule has 0 saturated heterocycles. The van der Waals surface area contributed by atoms with E-state index in [4.69, 9.17) is 23.2 Å². The van der Waals surface area contributed by atoms with Gasteiger partial charge in [-0.3, -0.25) is 13.9 Å². The maximum atomic E-state index is 13.2. The first kappa shape index (κ1) is 28.0. The number of sulfonamides is 1. The van der Waals surface area contributed by atoms with Crippen LogP contribution in [0.2, 0.25) is 10.0 Å². The maximum absolute atomic E-state index is 13.2. The summed E-state index contributed by atoms with van der Waals surface area (Å²) >= 11 is 12.1. The van der Waals surface area contributed by atoms with Crippen LogP contribution in [0.3, 0.4) is 0 Å². The van der Waals surface area contributed by atoms with Gasteiger partial charge in [0.05, 0.1) is 22.0 Å². The molecule has 2 aromatic carbocycles. The summed E-state index contributed by atoms with van der Waals surface area (Å²) in [5.41, 5.74) is 3.20. The zero-order valence-electron chi connectivity index (χ0n) is 20.1. The molecule has 1 N–H and O–H groups in total. The van der Waals surface area contributed by atoms with Gasteiger partial charge in [0.2, 0.25) is 21.8 Å². The Morgan fingerprint density at radius 2 is 1.65 bits per heavy atom. The summed E-state index contributed by atoms with van der Waals surface area (Å²) in [5.74, 6) is -0.572. The molecule has 0 aliphatic heterocycles. The average molecular weight is 529 g/mol. The smallest absolute Gasteiger partial charge is 0.242 e. The van der Waals surface area contributed by atoms with Crippen LogP contribution in [0.15, 0.2) is 36.4 Å². The lowest BCUT2D eigenvalue weighted by Gasteiger charge is -2.29. The molecule has 2 amide bonds. The van der Waals surface area contributed by atoms with Crippen molar-refractivity contribution in [3.63, 3.8) is 0 Å². The molecule has 10 heteroatoms. The van der Waals surface area contributed by atoms with E-state index in [9.17, 15) is 18.0 Å². The van der Waals surface area contributed by atoms with E-state index in [1.54, 1.807) is 37.3 Å². The van der Waals surface area contributed by atoms with Crippen molar-refractivity contribution in [2.75, 3.05) is 24.2 Å². The van der Waals surface area contributed by atoms with Crippen LogP contribution in [0.25, 0.3) is 0 Å². The van der Waals surface area contributed by atoms with Crippen LogP contribution in [0.4, 0.5) is 5.69 Å². The van der Waals surface area contributed by atoms with Gasteiger partial charge < -0.3 is 10.2 Å². The van der Waals surface area contributed by atoms with Gasteiger partial charge in [0.1, 0.15) is 6.04 Å². The molecular formula is C24H31Cl2N3O4S. The van der Waals surface area contributed by atoms with Gasteiger partial charge in [-0.25, -0.2) is 8.42 Å². The van der Waals surface area contributed by atoms with E-state index < -0.39 is 16.1 Å². The van der Waals surface area contributed by atoms with Crippen molar-refractivity contribution < 1.29 is 18.0 Å². The van der Waals surface area contributed by atoms with E-state index in [0.29, 0.717) is 15.7 Å². The topological polar surface area (TPSA) is 86.8 Å². The second-order valence-corrected chi connectivity index (χ2v) is 11.1. The van der Waals surface area contributed by atoms with Crippen LogP contribution >= 0.6 is 23.2 Å². The van der Waals surface area contributed by atoms with Crippen molar-refractivity contribution >= 4 is 50.7 Å². The van der Waals surface area contributed by atoms with Crippen LogP contribution in [-0.4, -0.2) is 51.0 Å². The standard InChI is InChI=1S/C24H31Cl2N3O4S/c1-16-11-17(2)13-20(12-16)29(34(5,32)33)10-6-7-23(30)28(18(3)24(31)27-4)15-19-8-9-21(25)22(26)14-19/h8-9,11-14,18H,6-7,10,15H2,1-5H3,(H,27,31)/t18-/m0/s1. The largest absolute Gasteiger partial charge is 0.357 e. The third-order valence-corrected chi connectivity index (χ3v) is 7.33. The Hall–Kier alpha value is -2.29. The number of aryl methyl sites for hydroxylation is 2. The molecule has 0 aliphatic carbocycles. The number of rotatable bonds is 10. The quantitative estimate of drug-likeness (QED) is 0.498.